The summed E-state index contributed by atoms with van der Waals surface area (Å²) < 4.78 is 0. The predicted molar refractivity (Wildman–Crippen MR) is 99.0 cm³/mol. The third kappa shape index (κ3) is 2.97. The van der Waals surface area contributed by atoms with Gasteiger partial charge in [0.2, 0.25) is 5.91 Å². The van der Waals surface area contributed by atoms with Gasteiger partial charge in [-0.3, -0.25) is 4.79 Å². The Labute approximate surface area is 151 Å². The molecule has 0 spiro atoms. The maximum absolute atomic E-state index is 12.5. The molecule has 3 aliphatic carbocycles. The predicted octanol–water partition coefficient (Wildman–Crippen LogP) is 3.64. The number of halogens is 1. The van der Waals surface area contributed by atoms with Gasteiger partial charge in [0.1, 0.15) is 0 Å². The van der Waals surface area contributed by atoms with Crippen molar-refractivity contribution in [3.05, 3.63) is 35.4 Å². The van der Waals surface area contributed by atoms with E-state index in [2.05, 4.69) is 43.4 Å². The largest absolute Gasteiger partial charge is 0.354 e. The molecule has 0 aromatic heterocycles. The minimum atomic E-state index is -0.115. The van der Waals surface area contributed by atoms with Crippen LogP contribution >= 0.6 is 12.4 Å². The zero-order valence-electron chi connectivity index (χ0n) is 14.6. The highest BCUT2D eigenvalue weighted by molar-refractivity contribution is 5.85. The number of carbonyl (C=O) groups excluding carboxylic acids is 1. The van der Waals surface area contributed by atoms with E-state index in [0.717, 1.165) is 17.4 Å². The second-order valence-electron chi connectivity index (χ2n) is 8.19. The summed E-state index contributed by atoms with van der Waals surface area (Å²) in [5.41, 5.74) is 8.69. The van der Waals surface area contributed by atoms with Crippen molar-refractivity contribution in [2.24, 2.45) is 35.3 Å². The van der Waals surface area contributed by atoms with Crippen molar-refractivity contribution in [2.45, 2.75) is 45.1 Å². The van der Waals surface area contributed by atoms with Crippen LogP contribution in [0.4, 0.5) is 0 Å². The Bertz CT molecular complexity index is 584. The Morgan fingerprint density at radius 1 is 1.12 bits per heavy atom. The van der Waals surface area contributed by atoms with E-state index in [1.54, 1.807) is 0 Å². The monoisotopic (exact) mass is 348 g/mol. The molecule has 0 radical (unpaired) electrons. The summed E-state index contributed by atoms with van der Waals surface area (Å²) in [5.74, 6) is 4.19. The van der Waals surface area contributed by atoms with E-state index in [0.29, 0.717) is 30.2 Å². The maximum atomic E-state index is 12.5. The number of rotatable bonds is 5. The van der Waals surface area contributed by atoms with Crippen LogP contribution in [0.3, 0.4) is 0 Å². The van der Waals surface area contributed by atoms with Crippen LogP contribution in [-0.2, 0) is 4.79 Å². The molecule has 3 aliphatic rings. The van der Waals surface area contributed by atoms with Crippen LogP contribution in [0.5, 0.6) is 0 Å². The number of amides is 1. The van der Waals surface area contributed by atoms with Crippen LogP contribution in [0.15, 0.2) is 24.3 Å². The lowest BCUT2D eigenvalue weighted by Gasteiger charge is -2.15. The molecule has 5 atom stereocenters. The Morgan fingerprint density at radius 3 is 2.21 bits per heavy atom. The van der Waals surface area contributed by atoms with Crippen LogP contribution in [-0.4, -0.2) is 12.5 Å². The van der Waals surface area contributed by atoms with E-state index >= 15 is 0 Å². The first-order valence-corrected chi connectivity index (χ1v) is 9.19. The average Bonchev–Trinajstić information content (AvgIpc) is 3.00. The Kier molecular flexibility index (Phi) is 4.94. The first kappa shape index (κ1) is 17.8. The highest BCUT2D eigenvalue weighted by atomic mass is 35.5. The quantitative estimate of drug-likeness (QED) is 0.853. The molecule has 5 unspecified atom stereocenters. The summed E-state index contributed by atoms with van der Waals surface area (Å²) in [6, 6.07) is 8.36. The lowest BCUT2D eigenvalue weighted by atomic mass is 9.99. The summed E-state index contributed by atoms with van der Waals surface area (Å²) in [7, 11) is 0. The molecule has 4 rings (SSSR count). The van der Waals surface area contributed by atoms with E-state index in [4.69, 9.17) is 5.73 Å². The van der Waals surface area contributed by atoms with Crippen molar-refractivity contribution in [1.29, 1.82) is 0 Å². The fraction of sp³-hybridized carbons (Fsp3) is 0.650. The molecule has 1 aromatic carbocycles. The van der Waals surface area contributed by atoms with E-state index in [9.17, 15) is 4.79 Å². The van der Waals surface area contributed by atoms with E-state index in [1.165, 1.54) is 24.8 Å². The van der Waals surface area contributed by atoms with Gasteiger partial charge in [0.15, 0.2) is 0 Å². The molecule has 0 aliphatic heterocycles. The van der Waals surface area contributed by atoms with Crippen molar-refractivity contribution in [1.82, 2.24) is 5.32 Å². The minimum Gasteiger partial charge on any atom is -0.354 e. The Balaban J connectivity index is 0.00000169. The Hall–Kier alpha value is -1.06. The molecule has 0 heterocycles. The first-order chi connectivity index (χ1) is 11.1. The summed E-state index contributed by atoms with van der Waals surface area (Å²) in [5, 5.41) is 3.11. The number of carbonyl (C=O) groups is 1. The number of hydrogen-bond acceptors (Lipinski definition) is 2. The molecule has 2 bridgehead atoms. The normalized spacial score (nSPS) is 33.8. The number of fused-ring (bicyclic) bond motifs is 5. The molecular weight excluding hydrogens is 320 g/mol. The van der Waals surface area contributed by atoms with Crippen LogP contribution in [0.25, 0.3) is 0 Å². The van der Waals surface area contributed by atoms with E-state index in [-0.39, 0.29) is 24.4 Å². The van der Waals surface area contributed by atoms with Gasteiger partial charge in [0, 0.05) is 18.5 Å². The zero-order valence-corrected chi connectivity index (χ0v) is 15.4. The summed E-state index contributed by atoms with van der Waals surface area (Å²) in [6.45, 7) is 4.93. The fourth-order valence-corrected chi connectivity index (χ4v) is 5.25. The number of benzene rings is 1. The van der Waals surface area contributed by atoms with Crippen molar-refractivity contribution < 1.29 is 4.79 Å². The minimum absolute atomic E-state index is 0. The highest BCUT2D eigenvalue weighted by Gasteiger charge is 2.67. The number of nitrogens with one attached hydrogen (secondary N) is 1. The van der Waals surface area contributed by atoms with Crippen molar-refractivity contribution in [2.75, 3.05) is 6.54 Å². The zero-order chi connectivity index (χ0) is 16.1. The molecule has 4 heteroatoms. The average molecular weight is 349 g/mol. The third-order valence-electron chi connectivity index (χ3n) is 6.57. The molecule has 3 fully saturated rings. The molecule has 132 valence electrons. The fourth-order valence-electron chi connectivity index (χ4n) is 5.25. The van der Waals surface area contributed by atoms with Gasteiger partial charge in [-0.15, -0.1) is 12.4 Å². The topological polar surface area (TPSA) is 55.1 Å². The SMILES string of the molecule is CC(C)c1ccc(C(N)CNC(=O)C2C3C4CCC(C4)C23)cc1.Cl. The van der Waals surface area contributed by atoms with Gasteiger partial charge in [0.05, 0.1) is 0 Å². The smallest absolute Gasteiger partial charge is 0.223 e. The Morgan fingerprint density at radius 2 is 1.67 bits per heavy atom. The molecule has 1 amide bonds. The number of nitrogens with two attached hydrogens (primary N) is 1. The molecule has 3 saturated carbocycles. The molecule has 1 aromatic rings. The standard InChI is InChI=1S/C20H28N2O.ClH/c1-11(2)12-3-5-13(6-4-12)16(21)10-22-20(23)19-17-14-7-8-15(9-14)18(17)19;/h3-6,11,14-19H,7-10,21H2,1-2H3,(H,22,23);1H. The van der Waals surface area contributed by atoms with Crippen LogP contribution in [0, 0.1) is 29.6 Å². The second-order valence-corrected chi connectivity index (χ2v) is 8.19. The maximum Gasteiger partial charge on any atom is 0.223 e. The van der Waals surface area contributed by atoms with Crippen molar-refractivity contribution >= 4 is 18.3 Å². The lowest BCUT2D eigenvalue weighted by Crippen LogP contribution is -2.34. The highest BCUT2D eigenvalue weighted by Crippen LogP contribution is 2.69. The van der Waals surface area contributed by atoms with Gasteiger partial charge in [-0.05, 0) is 60.0 Å². The summed E-state index contributed by atoms with van der Waals surface area (Å²) in [4.78, 5) is 12.5. The van der Waals surface area contributed by atoms with Gasteiger partial charge >= 0.3 is 0 Å². The van der Waals surface area contributed by atoms with Gasteiger partial charge in [-0.1, -0.05) is 38.1 Å². The molecule has 3 N–H and O–H groups in total. The van der Waals surface area contributed by atoms with Crippen LogP contribution in [0.2, 0.25) is 0 Å². The van der Waals surface area contributed by atoms with Crippen molar-refractivity contribution in [3.63, 3.8) is 0 Å². The molecule has 0 saturated heterocycles. The molecular formula is C20H29ClN2O. The molecule has 24 heavy (non-hydrogen) atoms. The second kappa shape index (κ2) is 6.68. The van der Waals surface area contributed by atoms with Crippen LogP contribution in [0.1, 0.15) is 56.2 Å². The van der Waals surface area contributed by atoms with Crippen molar-refractivity contribution in [3.8, 4) is 0 Å². The van der Waals surface area contributed by atoms with Gasteiger partial charge in [-0.2, -0.15) is 0 Å². The van der Waals surface area contributed by atoms with Gasteiger partial charge in [-0.25, -0.2) is 0 Å². The number of hydrogen-bond donors (Lipinski definition) is 2. The van der Waals surface area contributed by atoms with Crippen LogP contribution < -0.4 is 11.1 Å². The van der Waals surface area contributed by atoms with E-state index < -0.39 is 0 Å². The van der Waals surface area contributed by atoms with Gasteiger partial charge in [0.25, 0.3) is 0 Å². The summed E-state index contributed by atoms with van der Waals surface area (Å²) in [6.07, 6.45) is 4.11. The van der Waals surface area contributed by atoms with E-state index in [1.807, 2.05) is 0 Å². The molecule has 3 nitrogen and oxygen atoms in total. The first-order valence-electron chi connectivity index (χ1n) is 9.19. The lowest BCUT2D eigenvalue weighted by molar-refractivity contribution is -0.123. The van der Waals surface area contributed by atoms with Gasteiger partial charge < -0.3 is 11.1 Å². The summed E-state index contributed by atoms with van der Waals surface area (Å²) >= 11 is 0. The third-order valence-corrected chi connectivity index (χ3v) is 6.57.